The van der Waals surface area contributed by atoms with Crippen LogP contribution in [0.5, 0.6) is 0 Å². The Morgan fingerprint density at radius 3 is 2.52 bits per heavy atom. The van der Waals surface area contributed by atoms with Gasteiger partial charge in [0, 0.05) is 49.6 Å². The van der Waals surface area contributed by atoms with Crippen molar-refractivity contribution in [1.29, 1.82) is 0 Å². The van der Waals surface area contributed by atoms with Crippen LogP contribution in [-0.2, 0) is 19.1 Å². The minimum absolute atomic E-state index is 0. The number of fused-ring (bicyclic) bond motifs is 1. The molecule has 4 N–H and O–H groups in total. The second-order valence-electron chi connectivity index (χ2n) is 10.8. The Hall–Kier alpha value is -4.12. The topological polar surface area (TPSA) is 189 Å². The summed E-state index contributed by atoms with van der Waals surface area (Å²) in [7, 11) is -4.19. The van der Waals surface area contributed by atoms with Gasteiger partial charge in [0.05, 0.1) is 16.7 Å². The maximum Gasteiger partial charge on any atom is 0.432 e. The lowest BCUT2D eigenvalue weighted by molar-refractivity contribution is 0.0298. The van der Waals surface area contributed by atoms with Gasteiger partial charge < -0.3 is 20.4 Å². The number of thiazole rings is 1. The molecular weight excluding hydrogens is 610 g/mol. The Balaban J connectivity index is 0.00000384. The van der Waals surface area contributed by atoms with Crippen molar-refractivity contribution in [3.8, 4) is 11.4 Å². The fraction of sp³-hybridized carbons (Fsp3) is 0.393. The number of nitrogens with one attached hydrogen (secondary N) is 2. The van der Waals surface area contributed by atoms with Crippen LogP contribution < -0.4 is 10.8 Å². The number of hydroxylamine groups is 1. The second kappa shape index (κ2) is 12.9. The Bertz CT molecular complexity index is 1750. The van der Waals surface area contributed by atoms with E-state index in [1.165, 1.54) is 36.3 Å². The predicted molar refractivity (Wildman–Crippen MR) is 162 cm³/mol. The van der Waals surface area contributed by atoms with E-state index in [2.05, 4.69) is 26.6 Å². The molecule has 6 rings (SSSR count). The molecular formula is C28H33N7O7S2. The molecule has 2 aliphatic rings. The van der Waals surface area contributed by atoms with E-state index >= 15 is 0 Å². The SMILES string of the molecule is Cc1ccc(S(=O)(=O)ONC(=O)OC2CCN(C(=O)c3cc(N[C@@H](C)C4CC4)nc(-c4cnn5ccsc45)n3)CC2)cc1.O. The third-order valence-corrected chi connectivity index (χ3v) is 9.61. The lowest BCUT2D eigenvalue weighted by atomic mass is 10.1. The lowest BCUT2D eigenvalue weighted by Crippen LogP contribution is -2.43. The van der Waals surface area contributed by atoms with Crippen molar-refractivity contribution in [3.63, 3.8) is 0 Å². The first-order valence-corrected chi connectivity index (χ1v) is 16.3. The fourth-order valence-corrected chi connectivity index (χ4v) is 6.47. The summed E-state index contributed by atoms with van der Waals surface area (Å²) >= 11 is 1.52. The molecule has 0 bridgehead atoms. The van der Waals surface area contributed by atoms with Gasteiger partial charge >= 0.3 is 16.2 Å². The third kappa shape index (κ3) is 6.99. The van der Waals surface area contributed by atoms with Crippen LogP contribution in [0.4, 0.5) is 10.6 Å². The van der Waals surface area contributed by atoms with Gasteiger partial charge in [-0.25, -0.2) is 19.3 Å². The average Bonchev–Trinajstić information content (AvgIpc) is 3.62. The van der Waals surface area contributed by atoms with Gasteiger partial charge in [-0.3, -0.25) is 4.79 Å². The maximum atomic E-state index is 13.6. The highest BCUT2D eigenvalue weighted by Crippen LogP contribution is 2.34. The number of aryl methyl sites for hydroxylation is 1. The predicted octanol–water partition coefficient (Wildman–Crippen LogP) is 3.20. The molecule has 0 unspecified atom stereocenters. The van der Waals surface area contributed by atoms with Crippen LogP contribution in [0.3, 0.4) is 0 Å². The van der Waals surface area contributed by atoms with Gasteiger partial charge in [-0.1, -0.05) is 17.7 Å². The van der Waals surface area contributed by atoms with Gasteiger partial charge in [0.25, 0.3) is 5.91 Å². The van der Waals surface area contributed by atoms with E-state index in [-0.39, 0.29) is 28.0 Å². The molecule has 1 aromatic carbocycles. The van der Waals surface area contributed by atoms with Crippen LogP contribution in [0.1, 0.15) is 48.7 Å². The molecule has 2 fully saturated rings. The third-order valence-electron chi connectivity index (χ3n) is 7.57. The summed E-state index contributed by atoms with van der Waals surface area (Å²) in [6, 6.07) is 7.92. The number of rotatable bonds is 9. The van der Waals surface area contributed by atoms with Crippen LogP contribution in [0.2, 0.25) is 0 Å². The number of hydrogen-bond acceptors (Lipinski definition) is 11. The standard InChI is InChI=1S/C28H31N7O6S2.H2O/c1-17-3-7-21(8-4-17)43(38,39)41-33-28(37)40-20-9-11-34(12-10-20)26(36)23-15-24(30-18(2)19-5-6-19)32-25(31-23)22-16-29-35-13-14-42-27(22)35;/h3-4,7-8,13-16,18-20H,5-6,9-12H2,1-2H3,(H,33,37)(H,30,31,32);1H2/t18-;/m0./s1. The quantitative estimate of drug-likeness (QED) is 0.256. The number of piperidine rings is 1. The molecule has 1 aliphatic heterocycles. The number of hydrogen-bond donors (Lipinski definition) is 2. The zero-order valence-corrected chi connectivity index (χ0v) is 25.7. The number of aromatic nitrogens is 4. The zero-order valence-electron chi connectivity index (χ0n) is 24.1. The van der Waals surface area contributed by atoms with Crippen molar-refractivity contribution in [3.05, 3.63) is 59.4 Å². The van der Waals surface area contributed by atoms with Crippen molar-refractivity contribution < 1.29 is 32.5 Å². The van der Waals surface area contributed by atoms with E-state index < -0.39 is 22.3 Å². The first kappa shape index (κ1) is 31.3. The van der Waals surface area contributed by atoms with E-state index in [0.29, 0.717) is 43.5 Å². The van der Waals surface area contributed by atoms with Crippen LogP contribution in [0, 0.1) is 12.8 Å². The number of likely N-dealkylation sites (tertiary alicyclic amines) is 1. The minimum Gasteiger partial charge on any atom is -0.445 e. The van der Waals surface area contributed by atoms with Gasteiger partial charge in [-0.05, 0) is 44.7 Å². The Kier molecular flexibility index (Phi) is 9.15. The average molecular weight is 644 g/mol. The second-order valence-corrected chi connectivity index (χ2v) is 13.2. The summed E-state index contributed by atoms with van der Waals surface area (Å²) in [5.74, 6) is 1.33. The molecule has 2 amide bonds. The maximum absolute atomic E-state index is 13.6. The number of carbonyl (C=O) groups is 2. The van der Waals surface area contributed by atoms with Crippen LogP contribution in [0.15, 0.2) is 53.0 Å². The smallest absolute Gasteiger partial charge is 0.432 e. The molecule has 1 saturated carbocycles. The summed E-state index contributed by atoms with van der Waals surface area (Å²) < 4.78 is 36.4. The molecule has 234 valence electrons. The Labute approximate surface area is 257 Å². The summed E-state index contributed by atoms with van der Waals surface area (Å²) in [6.45, 7) is 4.58. The summed E-state index contributed by atoms with van der Waals surface area (Å²) in [5, 5.41) is 9.74. The van der Waals surface area contributed by atoms with Crippen molar-refractivity contribution in [2.45, 2.75) is 56.6 Å². The molecule has 4 aromatic rings. The van der Waals surface area contributed by atoms with Crippen molar-refractivity contribution in [1.82, 2.24) is 30.0 Å². The van der Waals surface area contributed by atoms with E-state index in [1.807, 2.05) is 24.0 Å². The van der Waals surface area contributed by atoms with Crippen LogP contribution in [-0.4, -0.2) is 75.6 Å². The van der Waals surface area contributed by atoms with E-state index in [1.54, 1.807) is 33.8 Å². The van der Waals surface area contributed by atoms with Crippen molar-refractivity contribution in [2.24, 2.45) is 5.92 Å². The molecule has 4 heterocycles. The summed E-state index contributed by atoms with van der Waals surface area (Å²) in [5.41, 5.74) is 3.74. The number of amides is 2. The lowest BCUT2D eigenvalue weighted by Gasteiger charge is -2.31. The highest BCUT2D eigenvalue weighted by Gasteiger charge is 2.30. The van der Waals surface area contributed by atoms with E-state index in [9.17, 15) is 18.0 Å². The molecule has 16 heteroatoms. The van der Waals surface area contributed by atoms with Gasteiger partial charge in [-0.15, -0.1) is 15.6 Å². The molecule has 44 heavy (non-hydrogen) atoms. The number of nitrogens with zero attached hydrogens (tertiary/aromatic N) is 5. The fourth-order valence-electron chi connectivity index (χ4n) is 4.94. The number of anilines is 1. The van der Waals surface area contributed by atoms with Gasteiger partial charge in [0.1, 0.15) is 22.4 Å². The zero-order chi connectivity index (χ0) is 30.1. The highest BCUT2D eigenvalue weighted by molar-refractivity contribution is 7.86. The monoisotopic (exact) mass is 643 g/mol. The molecule has 0 spiro atoms. The number of ether oxygens (including phenoxy) is 1. The van der Waals surface area contributed by atoms with E-state index in [4.69, 9.17) is 9.72 Å². The molecule has 1 saturated heterocycles. The molecule has 3 aromatic heterocycles. The highest BCUT2D eigenvalue weighted by atomic mass is 32.2. The Morgan fingerprint density at radius 2 is 1.82 bits per heavy atom. The summed E-state index contributed by atoms with van der Waals surface area (Å²) in [4.78, 5) is 37.7. The van der Waals surface area contributed by atoms with Crippen LogP contribution in [0.25, 0.3) is 16.2 Å². The van der Waals surface area contributed by atoms with E-state index in [0.717, 1.165) is 16.0 Å². The van der Waals surface area contributed by atoms with Gasteiger partial charge in [0.2, 0.25) is 0 Å². The normalized spacial score (nSPS) is 16.3. The summed E-state index contributed by atoms with van der Waals surface area (Å²) in [6.07, 6.45) is 5.08. The largest absolute Gasteiger partial charge is 0.445 e. The first-order chi connectivity index (χ1) is 20.7. The molecule has 14 nitrogen and oxygen atoms in total. The van der Waals surface area contributed by atoms with Crippen molar-refractivity contribution in [2.75, 3.05) is 18.4 Å². The molecule has 0 radical (unpaired) electrons. The molecule has 1 aliphatic carbocycles. The minimum atomic E-state index is -4.19. The van der Waals surface area contributed by atoms with Crippen molar-refractivity contribution >= 4 is 44.1 Å². The molecule has 1 atom stereocenters. The van der Waals surface area contributed by atoms with Gasteiger partial charge in [-0.2, -0.15) is 19.0 Å². The van der Waals surface area contributed by atoms with Crippen LogP contribution >= 0.6 is 11.3 Å². The Morgan fingerprint density at radius 1 is 1.09 bits per heavy atom. The van der Waals surface area contributed by atoms with Gasteiger partial charge in [0.15, 0.2) is 5.82 Å². The number of carbonyl (C=O) groups excluding carboxylic acids is 2. The first-order valence-electron chi connectivity index (χ1n) is 14.0. The number of benzene rings is 1.